The standard InChI is InChI=1S/C12H11FN2OS/c1-2-9(16)12-10(14)11(15-17-12)7-3-5-8(13)6-4-7/h3-6H,2,14H2,1H3. The molecule has 0 saturated heterocycles. The van der Waals surface area contributed by atoms with Gasteiger partial charge in [-0.3, -0.25) is 4.79 Å². The number of hydrogen-bond donors (Lipinski definition) is 1. The number of anilines is 1. The van der Waals surface area contributed by atoms with Crippen molar-refractivity contribution in [3.63, 3.8) is 0 Å². The Balaban J connectivity index is 2.44. The monoisotopic (exact) mass is 250 g/mol. The van der Waals surface area contributed by atoms with Gasteiger partial charge >= 0.3 is 0 Å². The molecule has 88 valence electrons. The number of benzene rings is 1. The van der Waals surface area contributed by atoms with Crippen molar-refractivity contribution in [2.45, 2.75) is 13.3 Å². The van der Waals surface area contributed by atoms with E-state index in [0.717, 1.165) is 17.1 Å². The molecule has 0 bridgehead atoms. The lowest BCUT2D eigenvalue weighted by Gasteiger charge is -1.99. The molecule has 0 spiro atoms. The number of hydrogen-bond acceptors (Lipinski definition) is 4. The van der Waals surface area contributed by atoms with Gasteiger partial charge in [0.25, 0.3) is 0 Å². The molecule has 0 aliphatic carbocycles. The molecule has 5 heteroatoms. The van der Waals surface area contributed by atoms with Gasteiger partial charge in [-0.2, -0.15) is 4.37 Å². The van der Waals surface area contributed by atoms with Gasteiger partial charge in [0.05, 0.1) is 5.69 Å². The van der Waals surface area contributed by atoms with Crippen LogP contribution in [0.3, 0.4) is 0 Å². The predicted octanol–water partition coefficient (Wildman–Crippen LogP) is 3.12. The summed E-state index contributed by atoms with van der Waals surface area (Å²) in [6, 6.07) is 5.88. The number of carbonyl (C=O) groups excluding carboxylic acids is 1. The molecule has 2 rings (SSSR count). The molecule has 2 N–H and O–H groups in total. The third kappa shape index (κ3) is 2.19. The fraction of sp³-hybridized carbons (Fsp3) is 0.167. The minimum absolute atomic E-state index is 0.0200. The molecule has 0 aliphatic heterocycles. The van der Waals surface area contributed by atoms with Crippen molar-refractivity contribution in [1.82, 2.24) is 4.37 Å². The number of carbonyl (C=O) groups is 1. The molecular weight excluding hydrogens is 239 g/mol. The fourth-order valence-electron chi connectivity index (χ4n) is 1.47. The van der Waals surface area contributed by atoms with Crippen LogP contribution in [-0.2, 0) is 0 Å². The Morgan fingerprint density at radius 2 is 2.06 bits per heavy atom. The summed E-state index contributed by atoms with van der Waals surface area (Å²) in [5, 5.41) is 0. The van der Waals surface area contributed by atoms with Crippen LogP contribution < -0.4 is 5.73 Å². The van der Waals surface area contributed by atoms with Gasteiger partial charge in [-0.1, -0.05) is 6.92 Å². The average Bonchev–Trinajstić information content (AvgIpc) is 2.71. The first-order valence-corrected chi connectivity index (χ1v) is 5.95. The molecule has 2 aromatic rings. The number of nitrogens with zero attached hydrogens (tertiary/aromatic N) is 1. The maximum absolute atomic E-state index is 12.8. The topological polar surface area (TPSA) is 56.0 Å². The largest absolute Gasteiger partial charge is 0.396 e. The molecule has 0 atom stereocenters. The van der Waals surface area contributed by atoms with Crippen LogP contribution in [0.15, 0.2) is 24.3 Å². The van der Waals surface area contributed by atoms with E-state index in [1.165, 1.54) is 12.1 Å². The lowest BCUT2D eigenvalue weighted by molar-refractivity contribution is 0.0993. The second-order valence-corrected chi connectivity index (χ2v) is 4.33. The van der Waals surface area contributed by atoms with Crippen LogP contribution in [0.1, 0.15) is 23.0 Å². The fourth-order valence-corrected chi connectivity index (χ4v) is 2.30. The van der Waals surface area contributed by atoms with Crippen LogP contribution in [0.4, 0.5) is 10.1 Å². The van der Waals surface area contributed by atoms with Crippen LogP contribution >= 0.6 is 11.5 Å². The highest BCUT2D eigenvalue weighted by atomic mass is 32.1. The van der Waals surface area contributed by atoms with Crippen LogP contribution in [0.5, 0.6) is 0 Å². The third-order valence-electron chi connectivity index (χ3n) is 2.42. The Bertz CT molecular complexity index is 548. The van der Waals surface area contributed by atoms with Crippen molar-refractivity contribution in [3.05, 3.63) is 35.0 Å². The highest BCUT2D eigenvalue weighted by Crippen LogP contribution is 2.31. The Labute approximate surface area is 102 Å². The number of ketones is 1. The molecular formula is C12H11FN2OS. The lowest BCUT2D eigenvalue weighted by atomic mass is 10.1. The quantitative estimate of drug-likeness (QED) is 0.851. The van der Waals surface area contributed by atoms with E-state index >= 15 is 0 Å². The zero-order valence-electron chi connectivity index (χ0n) is 9.24. The maximum Gasteiger partial charge on any atom is 0.176 e. The zero-order chi connectivity index (χ0) is 12.4. The van der Waals surface area contributed by atoms with Crippen LogP contribution in [0, 0.1) is 5.82 Å². The number of nitrogens with two attached hydrogens (primary N) is 1. The summed E-state index contributed by atoms with van der Waals surface area (Å²) >= 11 is 1.09. The van der Waals surface area contributed by atoms with Crippen molar-refractivity contribution in [2.24, 2.45) is 0 Å². The average molecular weight is 250 g/mol. The summed E-state index contributed by atoms with van der Waals surface area (Å²) < 4.78 is 16.9. The number of rotatable bonds is 3. The Kier molecular flexibility index (Phi) is 3.19. The van der Waals surface area contributed by atoms with E-state index in [0.29, 0.717) is 22.7 Å². The first-order chi connectivity index (χ1) is 8.13. The number of aromatic nitrogens is 1. The van der Waals surface area contributed by atoms with E-state index in [9.17, 15) is 9.18 Å². The molecule has 0 radical (unpaired) electrons. The molecule has 17 heavy (non-hydrogen) atoms. The van der Waals surface area contributed by atoms with Gasteiger partial charge in [0.1, 0.15) is 16.4 Å². The highest BCUT2D eigenvalue weighted by Gasteiger charge is 2.16. The van der Waals surface area contributed by atoms with E-state index in [1.807, 2.05) is 0 Å². The van der Waals surface area contributed by atoms with Crippen LogP contribution in [-0.4, -0.2) is 10.2 Å². The SMILES string of the molecule is CCC(=O)c1snc(-c2ccc(F)cc2)c1N. The van der Waals surface area contributed by atoms with E-state index in [2.05, 4.69) is 4.37 Å². The van der Waals surface area contributed by atoms with E-state index in [-0.39, 0.29) is 11.6 Å². The van der Waals surface area contributed by atoms with Crippen molar-refractivity contribution in [2.75, 3.05) is 5.73 Å². The summed E-state index contributed by atoms with van der Waals surface area (Å²) in [6.07, 6.45) is 0.398. The second kappa shape index (κ2) is 4.63. The smallest absolute Gasteiger partial charge is 0.176 e. The van der Waals surface area contributed by atoms with Crippen molar-refractivity contribution < 1.29 is 9.18 Å². The van der Waals surface area contributed by atoms with Gasteiger partial charge in [-0.15, -0.1) is 0 Å². The first-order valence-electron chi connectivity index (χ1n) is 5.17. The molecule has 0 saturated carbocycles. The van der Waals surface area contributed by atoms with Gasteiger partial charge < -0.3 is 5.73 Å². The van der Waals surface area contributed by atoms with Crippen LogP contribution in [0.2, 0.25) is 0 Å². The molecule has 1 aromatic heterocycles. The predicted molar refractivity (Wildman–Crippen MR) is 66.5 cm³/mol. The molecule has 0 aliphatic rings. The maximum atomic E-state index is 12.8. The normalized spacial score (nSPS) is 10.5. The summed E-state index contributed by atoms with van der Waals surface area (Å²) in [6.45, 7) is 1.78. The first kappa shape index (κ1) is 11.7. The minimum Gasteiger partial charge on any atom is -0.396 e. The molecule has 0 amide bonds. The Hall–Kier alpha value is -1.75. The number of Topliss-reactive ketones (excluding diaryl/α,β-unsaturated/α-hetero) is 1. The number of halogens is 1. The Morgan fingerprint density at radius 1 is 1.41 bits per heavy atom. The highest BCUT2D eigenvalue weighted by molar-refractivity contribution is 7.09. The lowest BCUT2D eigenvalue weighted by Crippen LogP contribution is -1.98. The summed E-state index contributed by atoms with van der Waals surface area (Å²) in [4.78, 5) is 12.0. The zero-order valence-corrected chi connectivity index (χ0v) is 10.1. The van der Waals surface area contributed by atoms with E-state index in [4.69, 9.17) is 5.73 Å². The minimum atomic E-state index is -0.313. The third-order valence-corrected chi connectivity index (χ3v) is 3.32. The van der Waals surface area contributed by atoms with Crippen molar-refractivity contribution >= 4 is 23.0 Å². The summed E-state index contributed by atoms with van der Waals surface area (Å²) in [5.74, 6) is -0.333. The van der Waals surface area contributed by atoms with Gasteiger partial charge in [-0.05, 0) is 35.8 Å². The molecule has 1 aromatic carbocycles. The van der Waals surface area contributed by atoms with Gasteiger partial charge in [0.2, 0.25) is 0 Å². The molecule has 0 unspecified atom stereocenters. The molecule has 0 fully saturated rings. The second-order valence-electron chi connectivity index (χ2n) is 3.56. The van der Waals surface area contributed by atoms with Gasteiger partial charge in [-0.25, -0.2) is 4.39 Å². The molecule has 1 heterocycles. The number of nitrogen functional groups attached to an aromatic ring is 1. The van der Waals surface area contributed by atoms with E-state index in [1.54, 1.807) is 19.1 Å². The van der Waals surface area contributed by atoms with Crippen molar-refractivity contribution in [1.29, 1.82) is 0 Å². The van der Waals surface area contributed by atoms with Crippen molar-refractivity contribution in [3.8, 4) is 11.3 Å². The van der Waals surface area contributed by atoms with E-state index < -0.39 is 0 Å². The molecule has 3 nitrogen and oxygen atoms in total. The van der Waals surface area contributed by atoms with Crippen LogP contribution in [0.25, 0.3) is 11.3 Å². The van der Waals surface area contributed by atoms with Gasteiger partial charge in [0, 0.05) is 12.0 Å². The Morgan fingerprint density at radius 3 is 2.65 bits per heavy atom. The summed E-state index contributed by atoms with van der Waals surface area (Å²) in [5.41, 5.74) is 7.53. The summed E-state index contributed by atoms with van der Waals surface area (Å²) in [7, 11) is 0. The van der Waals surface area contributed by atoms with Gasteiger partial charge in [0.15, 0.2) is 5.78 Å².